The summed E-state index contributed by atoms with van der Waals surface area (Å²) in [5.74, 6) is -0.634. The Balaban J connectivity index is 1.57. The molecule has 0 spiro atoms. The number of carbonyl (C=O) groups excluding carboxylic acids is 2. The first-order chi connectivity index (χ1) is 20.2. The second kappa shape index (κ2) is 13.5. The molecule has 0 saturated heterocycles. The second-order valence-corrected chi connectivity index (χ2v) is 10.6. The van der Waals surface area contributed by atoms with E-state index >= 15 is 0 Å². The summed E-state index contributed by atoms with van der Waals surface area (Å²) < 4.78 is 10.5. The fourth-order valence-electron chi connectivity index (χ4n) is 3.79. The summed E-state index contributed by atoms with van der Waals surface area (Å²) in [5.41, 5.74) is -0.424. The van der Waals surface area contributed by atoms with Gasteiger partial charge in [0.2, 0.25) is 0 Å². The van der Waals surface area contributed by atoms with Crippen molar-refractivity contribution in [1.82, 2.24) is 0 Å². The van der Waals surface area contributed by atoms with Crippen LogP contribution in [0.15, 0.2) is 94.7 Å². The molecule has 214 valence electrons. The lowest BCUT2D eigenvalue weighted by Gasteiger charge is -2.11. The van der Waals surface area contributed by atoms with Gasteiger partial charge >= 0.3 is 0 Å². The first-order valence-corrected chi connectivity index (χ1v) is 14.2. The number of nitro groups is 2. The van der Waals surface area contributed by atoms with E-state index in [2.05, 4.69) is 10.6 Å². The number of benzene rings is 4. The number of methoxy groups -OCH3 is 2. The number of ether oxygens (including phenoxy) is 2. The van der Waals surface area contributed by atoms with Crippen LogP contribution in [0, 0.1) is 20.2 Å². The highest BCUT2D eigenvalue weighted by molar-refractivity contribution is 8.76. The van der Waals surface area contributed by atoms with E-state index in [1.165, 1.54) is 50.6 Å². The van der Waals surface area contributed by atoms with Gasteiger partial charge in [-0.1, -0.05) is 45.9 Å². The molecule has 0 atom stereocenters. The van der Waals surface area contributed by atoms with Crippen molar-refractivity contribution in [3.8, 4) is 11.5 Å². The quantitative estimate of drug-likeness (QED) is 0.105. The van der Waals surface area contributed by atoms with Gasteiger partial charge < -0.3 is 20.1 Å². The first-order valence-electron chi connectivity index (χ1n) is 12.0. The van der Waals surface area contributed by atoms with Crippen LogP contribution in [0.25, 0.3) is 0 Å². The van der Waals surface area contributed by atoms with Crippen LogP contribution < -0.4 is 20.1 Å². The molecule has 42 heavy (non-hydrogen) atoms. The summed E-state index contributed by atoms with van der Waals surface area (Å²) in [6.07, 6.45) is 0. The Kier molecular flexibility index (Phi) is 9.62. The molecule has 2 amide bonds. The Morgan fingerprint density at radius 3 is 1.38 bits per heavy atom. The summed E-state index contributed by atoms with van der Waals surface area (Å²) in [6.45, 7) is 0. The number of nitrogens with one attached hydrogen (secondary N) is 2. The van der Waals surface area contributed by atoms with Crippen LogP contribution in [0.5, 0.6) is 11.5 Å². The number of nitro benzene ring substituents is 2. The highest BCUT2D eigenvalue weighted by Crippen LogP contribution is 2.40. The normalized spacial score (nSPS) is 10.4. The van der Waals surface area contributed by atoms with E-state index in [1.807, 2.05) is 0 Å². The molecule has 4 aromatic carbocycles. The Labute approximate surface area is 247 Å². The Bertz CT molecular complexity index is 1560. The minimum Gasteiger partial charge on any atom is -0.495 e. The molecule has 0 saturated carbocycles. The Morgan fingerprint density at radius 1 is 0.643 bits per heavy atom. The van der Waals surface area contributed by atoms with E-state index in [-0.39, 0.29) is 22.5 Å². The third-order valence-corrected chi connectivity index (χ3v) is 8.14. The van der Waals surface area contributed by atoms with Gasteiger partial charge in [0.25, 0.3) is 23.2 Å². The summed E-state index contributed by atoms with van der Waals surface area (Å²) in [4.78, 5) is 49.1. The van der Waals surface area contributed by atoms with Crippen LogP contribution in [0.4, 0.5) is 22.7 Å². The molecular formula is C28H22N4O8S2. The number of amides is 2. The SMILES string of the molecule is COc1ccccc1NC(=O)c1cc(SSc2ccc([N+](=O)[O-])c(C(=O)Nc3ccccc3OC)c2)ccc1[N+](=O)[O-]. The van der Waals surface area contributed by atoms with E-state index in [4.69, 9.17) is 9.47 Å². The Hall–Kier alpha value is -5.08. The zero-order valence-corrected chi connectivity index (χ0v) is 23.7. The molecule has 2 N–H and O–H groups in total. The van der Waals surface area contributed by atoms with Crippen LogP contribution in [-0.4, -0.2) is 35.9 Å². The van der Waals surface area contributed by atoms with Crippen LogP contribution in [0.3, 0.4) is 0 Å². The number of carbonyl (C=O) groups is 2. The maximum Gasteiger partial charge on any atom is 0.282 e. The average molecular weight is 607 g/mol. The third-order valence-electron chi connectivity index (χ3n) is 5.76. The van der Waals surface area contributed by atoms with Gasteiger partial charge in [-0.2, -0.15) is 0 Å². The van der Waals surface area contributed by atoms with Crippen molar-refractivity contribution < 1.29 is 28.9 Å². The fraction of sp³-hybridized carbons (Fsp3) is 0.0714. The minimum atomic E-state index is -0.704. The van der Waals surface area contributed by atoms with Crippen molar-refractivity contribution in [3.63, 3.8) is 0 Å². The minimum absolute atomic E-state index is 0.169. The molecule has 0 radical (unpaired) electrons. The van der Waals surface area contributed by atoms with Gasteiger partial charge in [0.05, 0.1) is 35.4 Å². The summed E-state index contributed by atoms with van der Waals surface area (Å²) in [6, 6.07) is 21.5. The molecule has 0 aromatic heterocycles. The van der Waals surface area contributed by atoms with Crippen LogP contribution in [0.2, 0.25) is 0 Å². The fourth-order valence-corrected chi connectivity index (χ4v) is 5.76. The Morgan fingerprint density at radius 2 is 1.02 bits per heavy atom. The standard InChI is InChI=1S/C28H22N4O8S2/c1-39-25-9-5-3-7-21(25)29-27(33)19-15-17(11-13-23(19)31(35)36)41-42-18-12-14-24(32(37)38)20(16-18)28(34)30-22-8-4-6-10-26(22)40-2/h3-16H,1-2H3,(H,29,33)(H,30,34). The lowest BCUT2D eigenvalue weighted by molar-refractivity contribution is -0.385. The molecule has 12 nitrogen and oxygen atoms in total. The van der Waals surface area contributed by atoms with Crippen molar-refractivity contribution in [2.24, 2.45) is 0 Å². The van der Waals surface area contributed by atoms with Crippen molar-refractivity contribution in [1.29, 1.82) is 0 Å². The monoisotopic (exact) mass is 606 g/mol. The molecule has 0 fully saturated rings. The number of hydrogen-bond acceptors (Lipinski definition) is 10. The lowest BCUT2D eigenvalue weighted by atomic mass is 10.1. The number of hydrogen-bond donors (Lipinski definition) is 2. The molecule has 0 heterocycles. The number of anilines is 2. The highest BCUT2D eigenvalue weighted by Gasteiger charge is 2.24. The molecule has 0 aliphatic rings. The van der Waals surface area contributed by atoms with Gasteiger partial charge in [0.1, 0.15) is 22.6 Å². The van der Waals surface area contributed by atoms with E-state index in [9.17, 15) is 29.8 Å². The zero-order chi connectivity index (χ0) is 30.2. The van der Waals surface area contributed by atoms with Gasteiger partial charge in [0, 0.05) is 21.9 Å². The molecule has 14 heteroatoms. The summed E-state index contributed by atoms with van der Waals surface area (Å²) >= 11 is 0. The van der Waals surface area contributed by atoms with Gasteiger partial charge in [-0.15, -0.1) is 0 Å². The molecule has 0 aliphatic carbocycles. The van der Waals surface area contributed by atoms with Crippen LogP contribution in [0.1, 0.15) is 20.7 Å². The van der Waals surface area contributed by atoms with Gasteiger partial charge in [0.15, 0.2) is 0 Å². The van der Waals surface area contributed by atoms with E-state index in [1.54, 1.807) is 48.5 Å². The molecule has 4 aromatic rings. The maximum atomic E-state index is 13.0. The predicted molar refractivity (Wildman–Crippen MR) is 160 cm³/mol. The van der Waals surface area contributed by atoms with Gasteiger partial charge in [-0.25, -0.2) is 0 Å². The first kappa shape index (κ1) is 29.9. The topological polar surface area (TPSA) is 163 Å². The van der Waals surface area contributed by atoms with Crippen LogP contribution >= 0.6 is 21.6 Å². The molecule has 0 bridgehead atoms. The smallest absolute Gasteiger partial charge is 0.282 e. The lowest BCUT2D eigenvalue weighted by Crippen LogP contribution is -2.14. The molecule has 4 rings (SSSR count). The van der Waals surface area contributed by atoms with E-state index < -0.39 is 21.7 Å². The molecule has 0 aliphatic heterocycles. The number of para-hydroxylation sites is 4. The molecule has 0 unspecified atom stereocenters. The maximum absolute atomic E-state index is 13.0. The number of nitrogens with zero attached hydrogens (tertiary/aromatic N) is 2. The predicted octanol–water partition coefficient (Wildman–Crippen LogP) is 6.82. The van der Waals surface area contributed by atoms with Crippen molar-refractivity contribution in [2.45, 2.75) is 9.79 Å². The zero-order valence-electron chi connectivity index (χ0n) is 22.1. The molecular weight excluding hydrogens is 584 g/mol. The highest BCUT2D eigenvalue weighted by atomic mass is 33.1. The van der Waals surface area contributed by atoms with Gasteiger partial charge in [-0.3, -0.25) is 29.8 Å². The van der Waals surface area contributed by atoms with Crippen molar-refractivity contribution in [3.05, 3.63) is 116 Å². The largest absolute Gasteiger partial charge is 0.495 e. The average Bonchev–Trinajstić information content (AvgIpc) is 3.00. The van der Waals surface area contributed by atoms with Crippen molar-refractivity contribution >= 4 is 56.2 Å². The summed E-state index contributed by atoms with van der Waals surface area (Å²) in [7, 11) is 5.18. The second-order valence-electron chi connectivity index (χ2n) is 8.35. The van der Waals surface area contributed by atoms with Crippen molar-refractivity contribution in [2.75, 3.05) is 24.9 Å². The van der Waals surface area contributed by atoms with Crippen LogP contribution in [-0.2, 0) is 0 Å². The summed E-state index contributed by atoms with van der Waals surface area (Å²) in [5, 5.41) is 28.6. The van der Waals surface area contributed by atoms with Gasteiger partial charge in [-0.05, 0) is 48.5 Å². The van der Waals surface area contributed by atoms with E-state index in [0.29, 0.717) is 32.7 Å². The number of rotatable bonds is 11. The third kappa shape index (κ3) is 6.97. The van der Waals surface area contributed by atoms with E-state index in [0.717, 1.165) is 21.6 Å².